The second-order valence-corrected chi connectivity index (χ2v) is 4.44. The molecule has 6 N–H and O–H groups in total. The molecule has 0 radical (unpaired) electrons. The van der Waals surface area contributed by atoms with Crippen molar-refractivity contribution in [1.29, 1.82) is 0 Å². The van der Waals surface area contributed by atoms with Crippen LogP contribution < -0.4 is 16.4 Å². The van der Waals surface area contributed by atoms with Crippen LogP contribution in [0.3, 0.4) is 0 Å². The van der Waals surface area contributed by atoms with Crippen molar-refractivity contribution >= 4 is 30.4 Å². The predicted octanol–water partition coefficient (Wildman–Crippen LogP) is -2.30. The lowest BCUT2D eigenvalue weighted by Crippen LogP contribution is -2.56. The summed E-state index contributed by atoms with van der Waals surface area (Å²) in [6.45, 7) is 2.63. The van der Waals surface area contributed by atoms with Gasteiger partial charge in [-0.05, 0) is 13.8 Å². The van der Waals surface area contributed by atoms with Crippen molar-refractivity contribution < 1.29 is 24.6 Å². The molecule has 0 aliphatic rings. The number of aliphatic carboxylic acids is 1. The van der Waals surface area contributed by atoms with E-state index >= 15 is 0 Å². The van der Waals surface area contributed by atoms with Gasteiger partial charge in [-0.25, -0.2) is 0 Å². The highest BCUT2D eigenvalue weighted by molar-refractivity contribution is 7.80. The highest BCUT2D eigenvalue weighted by atomic mass is 32.1. The fourth-order valence-electron chi connectivity index (χ4n) is 1.06. The summed E-state index contributed by atoms with van der Waals surface area (Å²) in [7, 11) is 0. The number of aliphatic hydroxyl groups is 1. The van der Waals surface area contributed by atoms with Crippen molar-refractivity contribution in [2.75, 3.05) is 5.75 Å². The summed E-state index contributed by atoms with van der Waals surface area (Å²) in [5, 5.41) is 22.3. The zero-order valence-electron chi connectivity index (χ0n) is 10.7. The molecule has 0 unspecified atom stereocenters. The first kappa shape index (κ1) is 17.7. The highest BCUT2D eigenvalue weighted by Gasteiger charge is 2.26. The molecule has 0 heterocycles. The Hall–Kier alpha value is -1.32. The summed E-state index contributed by atoms with van der Waals surface area (Å²) in [5.74, 6) is -2.63. The van der Waals surface area contributed by atoms with E-state index in [0.717, 1.165) is 0 Å². The number of rotatable bonds is 7. The number of thiol groups is 1. The molecule has 0 aromatic heterocycles. The van der Waals surface area contributed by atoms with E-state index in [9.17, 15) is 14.4 Å². The third-order valence-corrected chi connectivity index (χ3v) is 2.73. The van der Waals surface area contributed by atoms with Crippen molar-refractivity contribution in [1.82, 2.24) is 10.6 Å². The van der Waals surface area contributed by atoms with Crippen molar-refractivity contribution in [2.45, 2.75) is 38.1 Å². The molecule has 9 heteroatoms. The van der Waals surface area contributed by atoms with Crippen LogP contribution in [0.25, 0.3) is 0 Å². The van der Waals surface area contributed by atoms with Gasteiger partial charge in [0.25, 0.3) is 0 Å². The van der Waals surface area contributed by atoms with Gasteiger partial charge in [-0.15, -0.1) is 0 Å². The highest BCUT2D eigenvalue weighted by Crippen LogP contribution is 1.95. The number of hydrogen-bond acceptors (Lipinski definition) is 6. The lowest BCUT2D eigenvalue weighted by molar-refractivity contribution is -0.141. The number of carboxylic acids is 1. The van der Waals surface area contributed by atoms with Crippen LogP contribution in [0.5, 0.6) is 0 Å². The lowest BCUT2D eigenvalue weighted by atomic mass is 10.1. The van der Waals surface area contributed by atoms with Crippen LogP contribution in [0, 0.1) is 0 Å². The molecule has 110 valence electrons. The number of carbonyl (C=O) groups excluding carboxylic acids is 2. The van der Waals surface area contributed by atoms with Gasteiger partial charge < -0.3 is 26.6 Å². The fraction of sp³-hybridized carbons (Fsp3) is 0.700. The molecule has 0 fully saturated rings. The normalized spacial score (nSPS) is 16.9. The summed E-state index contributed by atoms with van der Waals surface area (Å²) in [6, 6.07) is -3.29. The summed E-state index contributed by atoms with van der Waals surface area (Å²) >= 11 is 3.90. The molecular weight excluding hydrogens is 274 g/mol. The molecule has 0 aromatic rings. The maximum Gasteiger partial charge on any atom is 0.325 e. The third kappa shape index (κ3) is 5.90. The minimum Gasteiger partial charge on any atom is -0.480 e. The smallest absolute Gasteiger partial charge is 0.325 e. The van der Waals surface area contributed by atoms with E-state index in [1.807, 2.05) is 0 Å². The van der Waals surface area contributed by atoms with E-state index in [1.165, 1.54) is 13.8 Å². The zero-order chi connectivity index (χ0) is 15.2. The Morgan fingerprint density at radius 1 is 1.21 bits per heavy atom. The van der Waals surface area contributed by atoms with E-state index in [0.29, 0.717) is 0 Å². The van der Waals surface area contributed by atoms with Gasteiger partial charge in [0.1, 0.15) is 18.1 Å². The summed E-state index contributed by atoms with van der Waals surface area (Å²) in [4.78, 5) is 33.8. The number of nitrogens with two attached hydrogens (primary N) is 1. The fourth-order valence-corrected chi connectivity index (χ4v) is 1.31. The standard InChI is InChI=1S/C10H19N3O5S/c1-4(10(17)18)12-8(15)6(3-19)13-9(16)7(11)5(2)14/h4-7,14,19H,3,11H2,1-2H3,(H,12,15)(H,13,16)(H,17,18)/t4-,5+,6-,7-/m0/s1. The van der Waals surface area contributed by atoms with Crippen LogP contribution in [0.1, 0.15) is 13.8 Å². The molecule has 19 heavy (non-hydrogen) atoms. The zero-order valence-corrected chi connectivity index (χ0v) is 11.6. The summed E-state index contributed by atoms with van der Waals surface area (Å²) in [5.41, 5.74) is 5.40. The predicted molar refractivity (Wildman–Crippen MR) is 70.7 cm³/mol. The molecule has 4 atom stereocenters. The molecule has 0 saturated carbocycles. The molecular formula is C10H19N3O5S. The van der Waals surface area contributed by atoms with E-state index in [1.54, 1.807) is 0 Å². The quantitative estimate of drug-likeness (QED) is 0.291. The lowest BCUT2D eigenvalue weighted by Gasteiger charge is -2.21. The van der Waals surface area contributed by atoms with Gasteiger partial charge in [-0.1, -0.05) is 0 Å². The monoisotopic (exact) mass is 293 g/mol. The Labute approximate surface area is 116 Å². The molecule has 0 rings (SSSR count). The topological polar surface area (TPSA) is 142 Å². The molecule has 2 amide bonds. The average molecular weight is 293 g/mol. The van der Waals surface area contributed by atoms with Crippen molar-refractivity contribution in [2.24, 2.45) is 5.73 Å². The van der Waals surface area contributed by atoms with Gasteiger partial charge in [0, 0.05) is 5.75 Å². The Morgan fingerprint density at radius 3 is 2.11 bits per heavy atom. The molecule has 0 aliphatic heterocycles. The summed E-state index contributed by atoms with van der Waals surface area (Å²) < 4.78 is 0. The first-order valence-corrected chi connectivity index (χ1v) is 6.22. The van der Waals surface area contributed by atoms with Crippen LogP contribution in [-0.4, -0.2) is 58.0 Å². The van der Waals surface area contributed by atoms with Gasteiger partial charge in [0.2, 0.25) is 11.8 Å². The molecule has 0 aromatic carbocycles. The van der Waals surface area contributed by atoms with Crippen molar-refractivity contribution in [3.05, 3.63) is 0 Å². The maximum absolute atomic E-state index is 11.7. The molecule has 0 spiro atoms. The van der Waals surface area contributed by atoms with Gasteiger partial charge in [0.15, 0.2) is 0 Å². The first-order chi connectivity index (χ1) is 8.70. The van der Waals surface area contributed by atoms with Crippen LogP contribution in [0.2, 0.25) is 0 Å². The number of nitrogens with one attached hydrogen (secondary N) is 2. The number of carbonyl (C=O) groups is 3. The molecule has 0 aliphatic carbocycles. The first-order valence-electron chi connectivity index (χ1n) is 5.58. The van der Waals surface area contributed by atoms with Gasteiger partial charge in [-0.3, -0.25) is 14.4 Å². The Kier molecular flexibility index (Phi) is 7.42. The van der Waals surface area contributed by atoms with Crippen molar-refractivity contribution in [3.63, 3.8) is 0 Å². The van der Waals surface area contributed by atoms with Gasteiger partial charge >= 0.3 is 5.97 Å². The van der Waals surface area contributed by atoms with Gasteiger partial charge in [-0.2, -0.15) is 12.6 Å². The van der Waals surface area contributed by atoms with Crippen LogP contribution >= 0.6 is 12.6 Å². The van der Waals surface area contributed by atoms with Gasteiger partial charge in [0.05, 0.1) is 6.10 Å². The Balaban J connectivity index is 4.54. The third-order valence-electron chi connectivity index (χ3n) is 2.37. The van der Waals surface area contributed by atoms with Crippen LogP contribution in [0.4, 0.5) is 0 Å². The van der Waals surface area contributed by atoms with E-state index < -0.39 is 42.0 Å². The minimum atomic E-state index is -1.20. The van der Waals surface area contributed by atoms with E-state index in [2.05, 4.69) is 23.3 Å². The number of amides is 2. The van der Waals surface area contributed by atoms with Crippen molar-refractivity contribution in [3.8, 4) is 0 Å². The molecule has 0 bridgehead atoms. The Bertz CT molecular complexity index is 350. The SMILES string of the molecule is C[C@H](NC(=O)[C@H](CS)NC(=O)[C@@H](N)[C@@H](C)O)C(=O)O. The second kappa shape index (κ2) is 7.97. The molecule has 8 nitrogen and oxygen atoms in total. The second-order valence-electron chi connectivity index (χ2n) is 4.08. The average Bonchev–Trinajstić information content (AvgIpc) is 2.33. The number of aliphatic hydroxyl groups excluding tert-OH is 1. The largest absolute Gasteiger partial charge is 0.480 e. The van der Waals surface area contributed by atoms with E-state index in [-0.39, 0.29) is 5.75 Å². The number of carboxylic acid groups (broad SMARTS) is 1. The van der Waals surface area contributed by atoms with Crippen LogP contribution in [-0.2, 0) is 14.4 Å². The number of hydrogen-bond donors (Lipinski definition) is 6. The van der Waals surface area contributed by atoms with E-state index in [4.69, 9.17) is 15.9 Å². The molecule has 0 saturated heterocycles. The Morgan fingerprint density at radius 2 is 1.74 bits per heavy atom. The maximum atomic E-state index is 11.7. The summed E-state index contributed by atoms with van der Waals surface area (Å²) in [6.07, 6.45) is -1.07. The van der Waals surface area contributed by atoms with Crippen LogP contribution in [0.15, 0.2) is 0 Å². The minimum absolute atomic E-state index is 0.0313.